The van der Waals surface area contributed by atoms with Gasteiger partial charge in [-0.25, -0.2) is 9.97 Å². The van der Waals surface area contributed by atoms with Crippen molar-refractivity contribution in [2.75, 3.05) is 0 Å². The predicted octanol–water partition coefficient (Wildman–Crippen LogP) is 7.30. The van der Waals surface area contributed by atoms with Crippen molar-refractivity contribution < 1.29 is 0 Å². The van der Waals surface area contributed by atoms with Crippen LogP contribution < -0.4 is 5.73 Å². The fourth-order valence-electron chi connectivity index (χ4n) is 4.28. The Kier molecular flexibility index (Phi) is 9.83. The van der Waals surface area contributed by atoms with Gasteiger partial charge in [-0.15, -0.1) is 0 Å². The van der Waals surface area contributed by atoms with Crippen LogP contribution in [0.1, 0.15) is 22.4 Å². The van der Waals surface area contributed by atoms with E-state index in [-0.39, 0.29) is 0 Å². The van der Waals surface area contributed by atoms with Crippen molar-refractivity contribution >= 4 is 17.0 Å². The van der Waals surface area contributed by atoms with Gasteiger partial charge in [0.25, 0.3) is 0 Å². The van der Waals surface area contributed by atoms with Gasteiger partial charge in [-0.2, -0.15) is 0 Å². The molecule has 0 bridgehead atoms. The summed E-state index contributed by atoms with van der Waals surface area (Å²) in [5.41, 5.74) is 14.8. The molecule has 0 spiro atoms. The summed E-state index contributed by atoms with van der Waals surface area (Å²) in [5.74, 6) is 0. The van der Waals surface area contributed by atoms with Crippen molar-refractivity contribution in [3.8, 4) is 22.6 Å². The summed E-state index contributed by atoms with van der Waals surface area (Å²) in [6, 6.07) is 21.4. The van der Waals surface area contributed by atoms with E-state index >= 15 is 0 Å². The highest BCUT2D eigenvalue weighted by Gasteiger charge is 2.12. The topological polar surface area (TPSA) is 103 Å². The highest BCUT2D eigenvalue weighted by atomic mass is 14.8. The van der Waals surface area contributed by atoms with Crippen LogP contribution in [0.25, 0.3) is 33.9 Å². The summed E-state index contributed by atoms with van der Waals surface area (Å²) < 4.78 is 0. The number of nitrogens with two attached hydrogens (primary N) is 1. The minimum atomic E-state index is 0.464. The zero-order chi connectivity index (χ0) is 30.6. The number of aliphatic imine (C=N–C) groups is 1. The molecule has 0 aliphatic rings. The maximum absolute atomic E-state index is 6.25. The standard InChI is InChI=1S/C37H31N7/c1-3-4-15-33(42-24-28-11-7-18-39-23-28)31-21-36(27(2)10-5-14-32(38)29-12-8-19-40-25-29)44-37(22-31)35-17-6-16-34(43-35)30-13-9-20-41-26-30/h3-23,25-26H,1-2,24,38H2/b10-5-,15-4-,32-14-,42-33+. The van der Waals surface area contributed by atoms with Crippen LogP contribution in [0.4, 0.5) is 0 Å². The molecule has 0 unspecified atom stereocenters. The van der Waals surface area contributed by atoms with E-state index in [0.29, 0.717) is 34.9 Å². The molecular formula is C37H31N7. The second-order valence-electron chi connectivity index (χ2n) is 9.68. The first-order valence-electron chi connectivity index (χ1n) is 14.0. The quantitative estimate of drug-likeness (QED) is 0.131. The maximum Gasteiger partial charge on any atom is 0.0900 e. The third-order valence-corrected chi connectivity index (χ3v) is 6.53. The second kappa shape index (κ2) is 14.7. The highest BCUT2D eigenvalue weighted by molar-refractivity contribution is 6.09. The molecule has 0 saturated carbocycles. The van der Waals surface area contributed by atoms with Crippen molar-refractivity contribution in [1.29, 1.82) is 0 Å². The first-order valence-corrected chi connectivity index (χ1v) is 14.0. The monoisotopic (exact) mass is 573 g/mol. The molecule has 0 aliphatic heterocycles. The molecule has 0 amide bonds. The Morgan fingerprint density at radius 2 is 1.52 bits per heavy atom. The molecule has 5 rings (SSSR count). The first kappa shape index (κ1) is 29.4. The molecule has 44 heavy (non-hydrogen) atoms. The third-order valence-electron chi connectivity index (χ3n) is 6.53. The third kappa shape index (κ3) is 7.80. The van der Waals surface area contributed by atoms with E-state index in [1.165, 1.54) is 0 Å². The smallest absolute Gasteiger partial charge is 0.0900 e. The lowest BCUT2D eigenvalue weighted by Gasteiger charge is -2.11. The Balaban J connectivity index is 1.56. The predicted molar refractivity (Wildman–Crippen MR) is 179 cm³/mol. The van der Waals surface area contributed by atoms with Gasteiger partial charge >= 0.3 is 0 Å². The largest absolute Gasteiger partial charge is 0.398 e. The van der Waals surface area contributed by atoms with Gasteiger partial charge in [0, 0.05) is 59.6 Å². The van der Waals surface area contributed by atoms with Crippen LogP contribution in [0.3, 0.4) is 0 Å². The molecule has 5 aromatic heterocycles. The van der Waals surface area contributed by atoms with Crippen molar-refractivity contribution in [1.82, 2.24) is 24.9 Å². The van der Waals surface area contributed by atoms with Crippen LogP contribution >= 0.6 is 0 Å². The fraction of sp³-hybridized carbons (Fsp3) is 0.0270. The van der Waals surface area contributed by atoms with E-state index in [2.05, 4.69) is 28.1 Å². The number of rotatable bonds is 11. The summed E-state index contributed by atoms with van der Waals surface area (Å²) in [6.07, 6.45) is 21.6. The number of pyridine rings is 5. The van der Waals surface area contributed by atoms with Crippen molar-refractivity contribution in [2.24, 2.45) is 10.7 Å². The molecule has 0 saturated heterocycles. The lowest BCUT2D eigenvalue weighted by atomic mass is 10.0. The number of hydrogen-bond donors (Lipinski definition) is 1. The van der Waals surface area contributed by atoms with Crippen LogP contribution in [0.2, 0.25) is 0 Å². The number of nitrogens with zero attached hydrogens (tertiary/aromatic N) is 6. The zero-order valence-electron chi connectivity index (χ0n) is 24.2. The van der Waals surface area contributed by atoms with Gasteiger partial charge in [-0.1, -0.05) is 49.6 Å². The number of aromatic nitrogens is 5. The van der Waals surface area contributed by atoms with Gasteiger partial charge in [0.15, 0.2) is 0 Å². The molecule has 0 atom stereocenters. The molecule has 0 aromatic carbocycles. The molecule has 0 aliphatic carbocycles. The molecule has 214 valence electrons. The first-order chi connectivity index (χ1) is 21.6. The summed E-state index contributed by atoms with van der Waals surface area (Å²) >= 11 is 0. The Bertz CT molecular complexity index is 1860. The van der Waals surface area contributed by atoms with E-state index in [1.807, 2.05) is 103 Å². The maximum atomic E-state index is 6.25. The second-order valence-corrected chi connectivity index (χ2v) is 9.68. The lowest BCUT2D eigenvalue weighted by molar-refractivity contribution is 1.05. The van der Waals surface area contributed by atoms with Gasteiger partial charge in [-0.3, -0.25) is 19.9 Å². The van der Waals surface area contributed by atoms with E-state index < -0.39 is 0 Å². The Labute approximate surface area is 257 Å². The highest BCUT2D eigenvalue weighted by Crippen LogP contribution is 2.25. The van der Waals surface area contributed by atoms with Gasteiger partial charge in [0.05, 0.1) is 35.0 Å². The average Bonchev–Trinajstić information content (AvgIpc) is 3.09. The number of allylic oxidation sites excluding steroid dienone is 7. The van der Waals surface area contributed by atoms with Crippen LogP contribution in [0.5, 0.6) is 0 Å². The zero-order valence-corrected chi connectivity index (χ0v) is 24.2. The summed E-state index contributed by atoms with van der Waals surface area (Å²) in [6.45, 7) is 8.61. The van der Waals surface area contributed by atoms with Crippen molar-refractivity contribution in [3.63, 3.8) is 0 Å². The van der Waals surface area contributed by atoms with Crippen LogP contribution in [0.15, 0.2) is 159 Å². The summed E-state index contributed by atoms with van der Waals surface area (Å²) in [4.78, 5) is 27.4. The minimum absolute atomic E-state index is 0.464. The summed E-state index contributed by atoms with van der Waals surface area (Å²) in [5, 5.41) is 0. The molecule has 5 heterocycles. The van der Waals surface area contributed by atoms with E-state index in [0.717, 1.165) is 33.7 Å². The van der Waals surface area contributed by atoms with Gasteiger partial charge in [0.2, 0.25) is 0 Å². The number of hydrogen-bond acceptors (Lipinski definition) is 7. The molecule has 7 nitrogen and oxygen atoms in total. The van der Waals surface area contributed by atoms with Crippen LogP contribution in [-0.2, 0) is 6.54 Å². The Morgan fingerprint density at radius 3 is 2.25 bits per heavy atom. The molecule has 2 N–H and O–H groups in total. The van der Waals surface area contributed by atoms with Crippen LogP contribution in [-0.4, -0.2) is 30.6 Å². The molecule has 7 heteroatoms. The average molecular weight is 574 g/mol. The molecule has 0 fully saturated rings. The Morgan fingerprint density at radius 1 is 0.750 bits per heavy atom. The van der Waals surface area contributed by atoms with Crippen molar-refractivity contribution in [2.45, 2.75) is 6.54 Å². The lowest BCUT2D eigenvalue weighted by Crippen LogP contribution is -2.03. The van der Waals surface area contributed by atoms with E-state index in [9.17, 15) is 0 Å². The normalized spacial score (nSPS) is 12.1. The fourth-order valence-corrected chi connectivity index (χ4v) is 4.28. The minimum Gasteiger partial charge on any atom is -0.398 e. The van der Waals surface area contributed by atoms with Crippen molar-refractivity contribution in [3.05, 3.63) is 176 Å². The van der Waals surface area contributed by atoms with Gasteiger partial charge < -0.3 is 5.73 Å². The van der Waals surface area contributed by atoms with E-state index in [4.69, 9.17) is 20.7 Å². The molecular weight excluding hydrogens is 542 g/mol. The summed E-state index contributed by atoms with van der Waals surface area (Å²) in [7, 11) is 0. The van der Waals surface area contributed by atoms with Gasteiger partial charge in [-0.05, 0) is 77.9 Å². The van der Waals surface area contributed by atoms with Gasteiger partial charge in [0.1, 0.15) is 0 Å². The molecule has 5 aromatic rings. The molecule has 0 radical (unpaired) electrons. The Hall–Kier alpha value is -6.08. The SMILES string of the molecule is C=C/C=C\C(=N/Cc1cccnc1)c1cc(C(=C)/C=C\C=C(/N)c2cccnc2)nc(-c2cccc(-c3cccnc3)n2)c1. The van der Waals surface area contributed by atoms with Crippen LogP contribution in [0, 0.1) is 0 Å². The van der Waals surface area contributed by atoms with E-state index in [1.54, 1.807) is 37.1 Å².